The Morgan fingerprint density at radius 2 is 1.89 bits per heavy atom. The van der Waals surface area contributed by atoms with E-state index >= 15 is 0 Å². The highest BCUT2D eigenvalue weighted by molar-refractivity contribution is 5.84. The fraction of sp³-hybridized carbons (Fsp3) is 0.133. The summed E-state index contributed by atoms with van der Waals surface area (Å²) < 4.78 is 6.10. The van der Waals surface area contributed by atoms with Crippen LogP contribution in [0.2, 0.25) is 0 Å². The third-order valence-corrected chi connectivity index (χ3v) is 3.39. The van der Waals surface area contributed by atoms with Crippen LogP contribution < -0.4 is 10.1 Å². The zero-order valence-electron chi connectivity index (χ0n) is 9.76. The maximum absolute atomic E-state index is 6.10. The van der Waals surface area contributed by atoms with E-state index in [9.17, 15) is 0 Å². The first-order valence-electron chi connectivity index (χ1n) is 6.04. The van der Waals surface area contributed by atoms with Gasteiger partial charge in [0.15, 0.2) is 0 Å². The number of ether oxygens (including phenoxy) is 1. The number of hydrogen-bond donors (Lipinski definition) is 1. The predicted molar refractivity (Wildman–Crippen MR) is 71.7 cm³/mol. The van der Waals surface area contributed by atoms with Gasteiger partial charge in [0.2, 0.25) is 5.72 Å². The van der Waals surface area contributed by atoms with E-state index < -0.39 is 5.72 Å². The number of aliphatic imine (C=N–C) groups is 1. The van der Waals surface area contributed by atoms with Crippen molar-refractivity contribution in [3.05, 3.63) is 54.1 Å². The number of anilines is 1. The first-order chi connectivity index (χ1) is 8.85. The van der Waals surface area contributed by atoms with Crippen molar-refractivity contribution in [3.63, 3.8) is 0 Å². The molecule has 2 aliphatic heterocycles. The molecule has 4 rings (SSSR count). The first-order valence-corrected chi connectivity index (χ1v) is 6.04. The van der Waals surface area contributed by atoms with Crippen molar-refractivity contribution in [2.24, 2.45) is 4.99 Å². The van der Waals surface area contributed by atoms with Crippen molar-refractivity contribution in [2.75, 3.05) is 5.32 Å². The van der Waals surface area contributed by atoms with Crippen molar-refractivity contribution in [3.8, 4) is 5.75 Å². The molecule has 1 unspecified atom stereocenters. The Bertz CT molecular complexity index is 623. The number of benzene rings is 2. The van der Waals surface area contributed by atoms with Crippen LogP contribution in [0.1, 0.15) is 5.56 Å². The summed E-state index contributed by atoms with van der Waals surface area (Å²) in [6.45, 7) is 0. The Balaban J connectivity index is 1.74. The van der Waals surface area contributed by atoms with Gasteiger partial charge in [-0.15, -0.1) is 0 Å². The highest BCUT2D eigenvalue weighted by Crippen LogP contribution is 2.39. The van der Waals surface area contributed by atoms with Crippen LogP contribution in [0.15, 0.2) is 53.5 Å². The second-order valence-electron chi connectivity index (χ2n) is 4.68. The number of para-hydroxylation sites is 3. The van der Waals surface area contributed by atoms with Gasteiger partial charge in [0.05, 0.1) is 6.21 Å². The normalized spacial score (nSPS) is 23.1. The predicted octanol–water partition coefficient (Wildman–Crippen LogP) is 3.15. The maximum atomic E-state index is 6.10. The molecule has 2 heterocycles. The maximum Gasteiger partial charge on any atom is 0.221 e. The average Bonchev–Trinajstić information content (AvgIpc) is 2.76. The van der Waals surface area contributed by atoms with Gasteiger partial charge in [0.1, 0.15) is 11.4 Å². The number of rotatable bonds is 0. The summed E-state index contributed by atoms with van der Waals surface area (Å²) in [7, 11) is 0. The molecule has 1 atom stereocenters. The summed E-state index contributed by atoms with van der Waals surface area (Å²) in [5.74, 6) is 0.834. The van der Waals surface area contributed by atoms with Crippen LogP contribution in [-0.4, -0.2) is 11.9 Å². The van der Waals surface area contributed by atoms with E-state index in [4.69, 9.17) is 4.74 Å². The molecule has 0 fully saturated rings. The molecular formula is C15H12N2O. The fourth-order valence-electron chi connectivity index (χ4n) is 2.54. The van der Waals surface area contributed by atoms with Crippen molar-refractivity contribution in [1.29, 1.82) is 0 Å². The lowest BCUT2D eigenvalue weighted by Crippen LogP contribution is -2.45. The number of nitrogens with zero attached hydrogens (tertiary/aromatic N) is 1. The van der Waals surface area contributed by atoms with Gasteiger partial charge in [0, 0.05) is 12.1 Å². The molecule has 0 amide bonds. The molecule has 3 heteroatoms. The van der Waals surface area contributed by atoms with Gasteiger partial charge in [-0.1, -0.05) is 30.3 Å². The zero-order chi connectivity index (χ0) is 12.0. The van der Waals surface area contributed by atoms with Gasteiger partial charge in [0.25, 0.3) is 0 Å². The van der Waals surface area contributed by atoms with E-state index in [1.807, 2.05) is 42.6 Å². The Kier molecular flexibility index (Phi) is 1.81. The standard InChI is InChI=1S/C15H12N2O/c1-2-6-12-11(5-1)9-15(17-12)10-16-13-7-3-4-8-14(13)18-15/h1-8,10,17H,9H2. The molecule has 0 bridgehead atoms. The van der Waals surface area contributed by atoms with E-state index in [1.165, 1.54) is 5.56 Å². The minimum absolute atomic E-state index is 0.516. The second-order valence-corrected chi connectivity index (χ2v) is 4.68. The first kappa shape index (κ1) is 9.71. The van der Waals surface area contributed by atoms with Crippen molar-refractivity contribution in [2.45, 2.75) is 12.1 Å². The summed E-state index contributed by atoms with van der Waals surface area (Å²) in [4.78, 5) is 4.50. The van der Waals surface area contributed by atoms with Crippen molar-refractivity contribution in [1.82, 2.24) is 0 Å². The van der Waals surface area contributed by atoms with Crippen LogP contribution in [0.25, 0.3) is 0 Å². The minimum atomic E-state index is -0.516. The number of fused-ring (bicyclic) bond motifs is 2. The molecule has 1 spiro atoms. The molecule has 0 radical (unpaired) electrons. The van der Waals surface area contributed by atoms with E-state index in [2.05, 4.69) is 22.4 Å². The molecule has 0 saturated carbocycles. The topological polar surface area (TPSA) is 33.6 Å². The summed E-state index contributed by atoms with van der Waals surface area (Å²) >= 11 is 0. The Labute approximate surface area is 105 Å². The lowest BCUT2D eigenvalue weighted by Gasteiger charge is -2.30. The second kappa shape index (κ2) is 3.35. The van der Waals surface area contributed by atoms with Crippen LogP contribution in [0.5, 0.6) is 5.75 Å². The van der Waals surface area contributed by atoms with E-state index in [0.29, 0.717) is 0 Å². The number of nitrogens with one attached hydrogen (secondary N) is 1. The highest BCUT2D eigenvalue weighted by atomic mass is 16.5. The van der Waals surface area contributed by atoms with Gasteiger partial charge in [-0.05, 0) is 23.8 Å². The van der Waals surface area contributed by atoms with Crippen molar-refractivity contribution >= 4 is 17.6 Å². The van der Waals surface area contributed by atoms with Gasteiger partial charge in [-0.3, -0.25) is 4.99 Å². The molecule has 0 aromatic heterocycles. The van der Waals surface area contributed by atoms with Crippen LogP contribution in [0.3, 0.4) is 0 Å². The highest BCUT2D eigenvalue weighted by Gasteiger charge is 2.39. The third kappa shape index (κ3) is 1.34. The summed E-state index contributed by atoms with van der Waals surface area (Å²) in [6, 6.07) is 16.1. The minimum Gasteiger partial charge on any atom is -0.460 e. The van der Waals surface area contributed by atoms with Gasteiger partial charge >= 0.3 is 0 Å². The van der Waals surface area contributed by atoms with Gasteiger partial charge in [-0.25, -0.2) is 0 Å². The molecule has 0 aliphatic carbocycles. The van der Waals surface area contributed by atoms with E-state index in [-0.39, 0.29) is 0 Å². The quantitative estimate of drug-likeness (QED) is 0.762. The molecule has 18 heavy (non-hydrogen) atoms. The van der Waals surface area contributed by atoms with Gasteiger partial charge < -0.3 is 10.1 Å². The summed E-state index contributed by atoms with van der Waals surface area (Å²) in [6.07, 6.45) is 2.68. The van der Waals surface area contributed by atoms with Crippen molar-refractivity contribution < 1.29 is 4.74 Å². The van der Waals surface area contributed by atoms with Crippen LogP contribution >= 0.6 is 0 Å². The lowest BCUT2D eigenvalue weighted by atomic mass is 10.1. The summed E-state index contributed by atoms with van der Waals surface area (Å²) in [5.41, 5.74) is 2.77. The lowest BCUT2D eigenvalue weighted by molar-refractivity contribution is 0.181. The SMILES string of the molecule is C1=Nc2ccccc2OC12Cc1ccccc1N2. The zero-order valence-corrected chi connectivity index (χ0v) is 9.76. The molecule has 3 nitrogen and oxygen atoms in total. The molecular weight excluding hydrogens is 224 g/mol. The number of hydrogen-bond acceptors (Lipinski definition) is 3. The molecule has 1 N–H and O–H groups in total. The summed E-state index contributed by atoms with van der Waals surface area (Å²) in [5, 5.41) is 3.42. The monoisotopic (exact) mass is 236 g/mol. The van der Waals surface area contributed by atoms with Gasteiger partial charge in [-0.2, -0.15) is 0 Å². The molecule has 2 aromatic carbocycles. The third-order valence-electron chi connectivity index (χ3n) is 3.39. The average molecular weight is 236 g/mol. The molecule has 2 aliphatic rings. The van der Waals surface area contributed by atoms with Crippen LogP contribution in [0.4, 0.5) is 11.4 Å². The largest absolute Gasteiger partial charge is 0.460 e. The Morgan fingerprint density at radius 3 is 2.83 bits per heavy atom. The smallest absolute Gasteiger partial charge is 0.221 e. The van der Waals surface area contributed by atoms with E-state index in [1.54, 1.807) is 0 Å². The molecule has 0 saturated heterocycles. The van der Waals surface area contributed by atoms with Crippen LogP contribution in [-0.2, 0) is 6.42 Å². The van der Waals surface area contributed by atoms with Crippen LogP contribution in [0, 0.1) is 0 Å². The van der Waals surface area contributed by atoms with E-state index in [0.717, 1.165) is 23.5 Å². The Hall–Kier alpha value is -2.29. The molecule has 2 aromatic rings. The Morgan fingerprint density at radius 1 is 1.06 bits per heavy atom. The fourth-order valence-corrected chi connectivity index (χ4v) is 2.54. The molecule has 88 valence electrons.